The lowest BCUT2D eigenvalue weighted by Crippen LogP contribution is -2.42. The number of carbonyl (C=O) groups excluding carboxylic acids is 1. The number of aliphatic hydroxyl groups is 1. The van der Waals surface area contributed by atoms with Crippen LogP contribution in [0.25, 0.3) is 0 Å². The fourth-order valence-electron chi connectivity index (χ4n) is 4.44. The van der Waals surface area contributed by atoms with E-state index in [0.29, 0.717) is 24.1 Å². The van der Waals surface area contributed by atoms with Crippen molar-refractivity contribution in [3.8, 4) is 0 Å². The Bertz CT molecular complexity index is 888. The number of nitrogens with zero attached hydrogens (tertiary/aromatic N) is 1. The van der Waals surface area contributed by atoms with Crippen molar-refractivity contribution in [2.45, 2.75) is 38.5 Å². The molecule has 0 saturated carbocycles. The maximum absolute atomic E-state index is 12.6. The van der Waals surface area contributed by atoms with Gasteiger partial charge < -0.3 is 20.5 Å². The number of carbonyl (C=O) groups is 1. The van der Waals surface area contributed by atoms with Crippen LogP contribution in [0.5, 0.6) is 0 Å². The van der Waals surface area contributed by atoms with Crippen LogP contribution in [0.2, 0.25) is 0 Å². The molecule has 6 nitrogen and oxygen atoms in total. The lowest BCUT2D eigenvalue weighted by Gasteiger charge is -2.30. The summed E-state index contributed by atoms with van der Waals surface area (Å²) in [4.78, 5) is 14.9. The Morgan fingerprint density at radius 1 is 1.23 bits per heavy atom. The largest absolute Gasteiger partial charge is 0.390 e. The smallest absolute Gasteiger partial charge is 0.251 e. The van der Waals surface area contributed by atoms with Crippen LogP contribution in [0.1, 0.15) is 34.8 Å². The summed E-state index contributed by atoms with van der Waals surface area (Å²) in [5.74, 6) is 0.273. The molecule has 31 heavy (non-hydrogen) atoms. The Balaban J connectivity index is 1.26. The van der Waals surface area contributed by atoms with Crippen LogP contribution < -0.4 is 10.6 Å². The second-order valence-electron chi connectivity index (χ2n) is 8.79. The Morgan fingerprint density at radius 2 is 2.06 bits per heavy atom. The van der Waals surface area contributed by atoms with Gasteiger partial charge in [0.1, 0.15) is 0 Å². The normalized spacial score (nSPS) is 22.4. The Hall–Kier alpha value is -2.41. The first-order valence-corrected chi connectivity index (χ1v) is 11.3. The zero-order valence-electron chi connectivity index (χ0n) is 18.2. The highest BCUT2D eigenvalue weighted by atomic mass is 16.5. The molecule has 2 heterocycles. The minimum atomic E-state index is -0.599. The molecule has 1 fully saturated rings. The minimum absolute atomic E-state index is 0.160. The van der Waals surface area contributed by atoms with Crippen LogP contribution in [0.4, 0.5) is 5.69 Å². The molecule has 2 aliphatic heterocycles. The van der Waals surface area contributed by atoms with Crippen molar-refractivity contribution in [2.24, 2.45) is 5.92 Å². The van der Waals surface area contributed by atoms with E-state index in [-0.39, 0.29) is 12.5 Å². The van der Waals surface area contributed by atoms with Crippen LogP contribution >= 0.6 is 0 Å². The first-order chi connectivity index (χ1) is 15.1. The summed E-state index contributed by atoms with van der Waals surface area (Å²) in [6, 6.07) is 16.4. The average Bonchev–Trinajstić information content (AvgIpc) is 2.79. The summed E-state index contributed by atoms with van der Waals surface area (Å²) in [5, 5.41) is 16.9. The average molecular weight is 424 g/mol. The lowest BCUT2D eigenvalue weighted by atomic mass is 9.97. The van der Waals surface area contributed by atoms with Crippen LogP contribution in [0.3, 0.4) is 0 Å². The Morgan fingerprint density at radius 3 is 2.90 bits per heavy atom. The van der Waals surface area contributed by atoms with E-state index < -0.39 is 6.10 Å². The number of hydrogen-bond donors (Lipinski definition) is 3. The van der Waals surface area contributed by atoms with E-state index in [1.165, 1.54) is 11.1 Å². The van der Waals surface area contributed by atoms with Crippen molar-refractivity contribution in [1.82, 2.24) is 10.2 Å². The summed E-state index contributed by atoms with van der Waals surface area (Å²) < 4.78 is 5.51. The van der Waals surface area contributed by atoms with E-state index in [4.69, 9.17) is 4.74 Å². The first kappa shape index (κ1) is 21.8. The highest BCUT2D eigenvalue weighted by Crippen LogP contribution is 2.21. The molecule has 1 unspecified atom stereocenters. The molecule has 2 aromatic carbocycles. The van der Waals surface area contributed by atoms with Crippen molar-refractivity contribution >= 4 is 11.6 Å². The van der Waals surface area contributed by atoms with E-state index in [0.717, 1.165) is 44.8 Å². The lowest BCUT2D eigenvalue weighted by molar-refractivity contribution is 0.0537. The molecule has 3 N–H and O–H groups in total. The number of hydrogen-bond acceptors (Lipinski definition) is 5. The molecule has 1 amide bonds. The molecule has 4 rings (SSSR count). The molecule has 3 atom stereocenters. The SMILES string of the molecule is C[C@H]1COCCC1Nc1cccc(C(=O)NC[C@H](O)CN2CCc3ccccc3C2)c1. The number of ether oxygens (including phenoxy) is 1. The molecule has 0 spiro atoms. The summed E-state index contributed by atoms with van der Waals surface area (Å²) >= 11 is 0. The zero-order chi connectivity index (χ0) is 21.6. The fourth-order valence-corrected chi connectivity index (χ4v) is 4.44. The Kier molecular flexibility index (Phi) is 7.22. The molecule has 0 aliphatic carbocycles. The number of anilines is 1. The molecule has 1 saturated heterocycles. The summed E-state index contributed by atoms with van der Waals surface area (Å²) in [5.41, 5.74) is 4.26. The maximum Gasteiger partial charge on any atom is 0.251 e. The van der Waals surface area contributed by atoms with Gasteiger partial charge in [-0.2, -0.15) is 0 Å². The zero-order valence-corrected chi connectivity index (χ0v) is 18.2. The second-order valence-corrected chi connectivity index (χ2v) is 8.79. The number of nitrogens with one attached hydrogen (secondary N) is 2. The monoisotopic (exact) mass is 423 g/mol. The quantitative estimate of drug-likeness (QED) is 0.639. The van der Waals surface area contributed by atoms with Crippen LogP contribution in [0, 0.1) is 5.92 Å². The first-order valence-electron chi connectivity index (χ1n) is 11.3. The predicted octanol–water partition coefficient (Wildman–Crippen LogP) is 2.67. The van der Waals surface area contributed by atoms with E-state index >= 15 is 0 Å². The van der Waals surface area contributed by atoms with Crippen molar-refractivity contribution in [3.63, 3.8) is 0 Å². The van der Waals surface area contributed by atoms with E-state index in [1.54, 1.807) is 0 Å². The van der Waals surface area contributed by atoms with E-state index in [9.17, 15) is 9.90 Å². The number of β-amino-alcohol motifs (C(OH)–C–C–N with tert-alkyl or cyclic N) is 1. The molecule has 166 valence electrons. The number of benzene rings is 2. The van der Waals surface area contributed by atoms with Crippen molar-refractivity contribution in [1.29, 1.82) is 0 Å². The second kappa shape index (κ2) is 10.3. The van der Waals surface area contributed by atoms with Crippen LogP contribution in [-0.4, -0.2) is 60.9 Å². The van der Waals surface area contributed by atoms with Gasteiger partial charge in [0.25, 0.3) is 5.91 Å². The van der Waals surface area contributed by atoms with E-state index in [2.05, 4.69) is 46.7 Å². The molecule has 0 radical (unpaired) electrons. The molecule has 2 aliphatic rings. The third kappa shape index (κ3) is 5.85. The van der Waals surface area contributed by atoms with Crippen LogP contribution in [0.15, 0.2) is 48.5 Å². The summed E-state index contributed by atoms with van der Waals surface area (Å²) in [6.45, 7) is 6.28. The van der Waals surface area contributed by atoms with Gasteiger partial charge in [-0.05, 0) is 48.1 Å². The van der Waals surface area contributed by atoms with Gasteiger partial charge in [0.15, 0.2) is 0 Å². The van der Waals surface area contributed by atoms with E-state index in [1.807, 2.05) is 24.3 Å². The summed E-state index contributed by atoms with van der Waals surface area (Å²) in [6.07, 6.45) is 1.37. The highest BCUT2D eigenvalue weighted by Gasteiger charge is 2.22. The highest BCUT2D eigenvalue weighted by molar-refractivity contribution is 5.95. The number of fused-ring (bicyclic) bond motifs is 1. The summed E-state index contributed by atoms with van der Waals surface area (Å²) in [7, 11) is 0. The molecule has 0 aromatic heterocycles. The third-order valence-corrected chi connectivity index (χ3v) is 6.29. The minimum Gasteiger partial charge on any atom is -0.390 e. The van der Waals surface area contributed by atoms with Gasteiger partial charge >= 0.3 is 0 Å². The van der Waals surface area contributed by atoms with Gasteiger partial charge in [0.2, 0.25) is 0 Å². The number of aliphatic hydroxyl groups excluding tert-OH is 1. The molecule has 6 heteroatoms. The van der Waals surface area contributed by atoms with Gasteiger partial charge in [-0.3, -0.25) is 9.69 Å². The van der Waals surface area contributed by atoms with Crippen molar-refractivity contribution < 1.29 is 14.6 Å². The standard InChI is InChI=1S/C25H33N3O3/c1-18-17-31-12-10-24(18)27-22-8-4-7-20(13-22)25(30)26-14-23(29)16-28-11-9-19-5-2-3-6-21(19)15-28/h2-8,13,18,23-24,27,29H,9-12,14-17H2,1H3,(H,26,30)/t18-,23-,24?/m0/s1. The van der Waals surface area contributed by atoms with Gasteiger partial charge in [-0.25, -0.2) is 0 Å². The number of amides is 1. The predicted molar refractivity (Wildman–Crippen MR) is 122 cm³/mol. The number of rotatable bonds is 7. The van der Waals surface area contributed by atoms with Crippen molar-refractivity contribution in [3.05, 3.63) is 65.2 Å². The van der Waals surface area contributed by atoms with Crippen LogP contribution in [-0.2, 0) is 17.7 Å². The fraction of sp³-hybridized carbons (Fsp3) is 0.480. The molecule has 2 aromatic rings. The topological polar surface area (TPSA) is 73.8 Å². The van der Waals surface area contributed by atoms with Gasteiger partial charge in [-0.1, -0.05) is 37.3 Å². The molecular weight excluding hydrogens is 390 g/mol. The third-order valence-electron chi connectivity index (χ3n) is 6.29. The van der Waals surface area contributed by atoms with Gasteiger partial charge in [0.05, 0.1) is 12.7 Å². The maximum atomic E-state index is 12.6. The van der Waals surface area contributed by atoms with Crippen molar-refractivity contribution in [2.75, 3.05) is 38.2 Å². The molecule has 0 bridgehead atoms. The molecular formula is C25H33N3O3. The van der Waals surface area contributed by atoms with Gasteiger partial charge in [0, 0.05) is 50.1 Å². The Labute approximate surface area is 184 Å². The van der Waals surface area contributed by atoms with Gasteiger partial charge in [-0.15, -0.1) is 0 Å².